The smallest absolute Gasteiger partial charge is 0.135 e. The lowest BCUT2D eigenvalue weighted by atomic mass is 9.89. The van der Waals surface area contributed by atoms with E-state index in [9.17, 15) is 5.26 Å². The number of aromatic nitrogens is 1. The van der Waals surface area contributed by atoms with E-state index in [4.69, 9.17) is 21.3 Å². The Morgan fingerprint density at radius 1 is 1.28 bits per heavy atom. The topological polar surface area (TPSA) is 61.2 Å². The van der Waals surface area contributed by atoms with Crippen molar-refractivity contribution in [3.05, 3.63) is 51.5 Å². The molecule has 1 aromatic heterocycles. The predicted molar refractivity (Wildman–Crippen MR) is 118 cm³/mol. The molecule has 5 nitrogen and oxygen atoms in total. The van der Waals surface area contributed by atoms with Crippen LogP contribution in [0.2, 0.25) is 5.02 Å². The molecule has 0 atom stereocenters. The summed E-state index contributed by atoms with van der Waals surface area (Å²) < 4.78 is 6.09. The van der Waals surface area contributed by atoms with Crippen LogP contribution in [-0.2, 0) is 23.5 Å². The van der Waals surface area contributed by atoms with Gasteiger partial charge in [-0.2, -0.15) is 5.26 Å². The van der Waals surface area contributed by atoms with Crippen molar-refractivity contribution in [2.45, 2.75) is 43.3 Å². The van der Waals surface area contributed by atoms with E-state index >= 15 is 0 Å². The number of benzene rings is 1. The number of nitriles is 1. The zero-order chi connectivity index (χ0) is 20.4. The Morgan fingerprint density at radius 2 is 2.03 bits per heavy atom. The predicted octanol–water partition coefficient (Wildman–Crippen LogP) is 4.16. The minimum Gasteiger partial charge on any atom is -0.370 e. The van der Waals surface area contributed by atoms with E-state index in [-0.39, 0.29) is 5.60 Å². The zero-order valence-electron chi connectivity index (χ0n) is 16.8. The first-order chi connectivity index (χ1) is 14.0. The van der Waals surface area contributed by atoms with Crippen molar-refractivity contribution in [2.24, 2.45) is 0 Å². The molecule has 2 aliphatic rings. The maximum absolute atomic E-state index is 10.0. The van der Waals surface area contributed by atoms with Gasteiger partial charge in [-0.05, 0) is 31.0 Å². The zero-order valence-corrected chi connectivity index (χ0v) is 18.4. The Balaban J connectivity index is 1.75. The molecule has 1 N–H and O–H groups in total. The van der Waals surface area contributed by atoms with Gasteiger partial charge in [0, 0.05) is 48.9 Å². The van der Waals surface area contributed by atoms with Gasteiger partial charge in [-0.25, -0.2) is 4.98 Å². The monoisotopic (exact) mass is 428 g/mol. The number of nitrogens with zero attached hydrogens (tertiary/aromatic N) is 3. The Morgan fingerprint density at radius 3 is 2.76 bits per heavy atom. The molecule has 29 heavy (non-hydrogen) atoms. The molecule has 0 unspecified atom stereocenters. The fourth-order valence-corrected chi connectivity index (χ4v) is 5.13. The second kappa shape index (κ2) is 8.53. The van der Waals surface area contributed by atoms with Crippen molar-refractivity contribution >= 4 is 29.2 Å². The molecular formula is C22H25ClN4OS. The van der Waals surface area contributed by atoms with E-state index in [2.05, 4.69) is 30.1 Å². The first kappa shape index (κ1) is 20.5. The summed E-state index contributed by atoms with van der Waals surface area (Å²) in [6, 6.07) is 10.3. The van der Waals surface area contributed by atoms with Crippen LogP contribution in [0.5, 0.6) is 0 Å². The van der Waals surface area contributed by atoms with E-state index in [0.29, 0.717) is 24.3 Å². The molecule has 0 spiro atoms. The summed E-state index contributed by atoms with van der Waals surface area (Å²) in [6.07, 6.45) is 0.715. The lowest BCUT2D eigenvalue weighted by molar-refractivity contribution is -0.0402. The highest BCUT2D eigenvalue weighted by molar-refractivity contribution is 7.98. The van der Waals surface area contributed by atoms with Crippen LogP contribution >= 0.6 is 23.4 Å². The van der Waals surface area contributed by atoms with Crippen LogP contribution in [0.4, 0.5) is 5.82 Å². The number of piperazine rings is 1. The van der Waals surface area contributed by atoms with Crippen LogP contribution < -0.4 is 10.2 Å². The third-order valence-corrected chi connectivity index (χ3v) is 6.81. The molecule has 0 amide bonds. The number of fused-ring (bicyclic) bond motifs is 1. The number of rotatable bonds is 4. The van der Waals surface area contributed by atoms with Crippen LogP contribution in [0.15, 0.2) is 29.3 Å². The van der Waals surface area contributed by atoms with Crippen molar-refractivity contribution in [3.63, 3.8) is 0 Å². The molecule has 1 saturated heterocycles. The maximum Gasteiger partial charge on any atom is 0.135 e. The number of ether oxygens (including phenoxy) is 1. The van der Waals surface area contributed by atoms with Gasteiger partial charge in [0.15, 0.2) is 0 Å². The molecule has 2 aromatic rings. The van der Waals surface area contributed by atoms with Gasteiger partial charge < -0.3 is 15.0 Å². The van der Waals surface area contributed by atoms with Crippen molar-refractivity contribution in [3.8, 4) is 6.07 Å². The van der Waals surface area contributed by atoms with Crippen LogP contribution in [-0.4, -0.2) is 36.8 Å². The molecule has 7 heteroatoms. The summed E-state index contributed by atoms with van der Waals surface area (Å²) in [5.74, 6) is 1.65. The van der Waals surface area contributed by atoms with Gasteiger partial charge in [-0.15, -0.1) is 11.8 Å². The molecule has 2 aliphatic heterocycles. The highest BCUT2D eigenvalue weighted by atomic mass is 35.5. The second-order valence-electron chi connectivity index (χ2n) is 8.03. The minimum atomic E-state index is -0.286. The van der Waals surface area contributed by atoms with E-state index < -0.39 is 0 Å². The standard InChI is InChI=1S/C22H25ClN4OS/c1-22(2)11-16-17(12-24)21(29-14-15-5-3-4-6-19(15)23)26-20(18(16)13-28-22)27-9-7-25-8-10-27/h3-6,25H,7-11,13-14H2,1-2H3. The van der Waals surface area contributed by atoms with Gasteiger partial charge in [-0.1, -0.05) is 29.8 Å². The molecule has 152 valence electrons. The first-order valence-corrected chi connectivity index (χ1v) is 11.3. The average Bonchev–Trinajstić information content (AvgIpc) is 2.72. The second-order valence-corrected chi connectivity index (χ2v) is 9.40. The molecule has 3 heterocycles. The Bertz CT molecular complexity index is 951. The minimum absolute atomic E-state index is 0.286. The molecule has 0 aliphatic carbocycles. The van der Waals surface area contributed by atoms with Crippen molar-refractivity contribution in [2.75, 3.05) is 31.1 Å². The largest absolute Gasteiger partial charge is 0.370 e. The van der Waals surface area contributed by atoms with Gasteiger partial charge >= 0.3 is 0 Å². The van der Waals surface area contributed by atoms with Crippen LogP contribution in [0.1, 0.15) is 36.1 Å². The highest BCUT2D eigenvalue weighted by Crippen LogP contribution is 2.39. The normalized spacial score (nSPS) is 18.2. The molecule has 4 rings (SSSR count). The first-order valence-electron chi connectivity index (χ1n) is 9.90. The van der Waals surface area contributed by atoms with Gasteiger partial charge in [0.2, 0.25) is 0 Å². The summed E-state index contributed by atoms with van der Waals surface area (Å²) in [6.45, 7) is 8.35. The fraction of sp³-hybridized carbons (Fsp3) is 0.455. The molecule has 1 aromatic carbocycles. The van der Waals surface area contributed by atoms with Crippen LogP contribution in [0.3, 0.4) is 0 Å². The Labute approximate surface area is 181 Å². The number of thioether (sulfide) groups is 1. The highest BCUT2D eigenvalue weighted by Gasteiger charge is 2.33. The number of hydrogen-bond acceptors (Lipinski definition) is 6. The fourth-order valence-electron chi connectivity index (χ4n) is 3.85. The maximum atomic E-state index is 10.0. The van der Waals surface area contributed by atoms with Crippen molar-refractivity contribution < 1.29 is 4.74 Å². The van der Waals surface area contributed by atoms with E-state index in [0.717, 1.165) is 58.7 Å². The summed E-state index contributed by atoms with van der Waals surface area (Å²) in [5.41, 5.74) is 3.62. The van der Waals surface area contributed by atoms with Gasteiger partial charge in [0.05, 0.1) is 17.8 Å². The summed E-state index contributed by atoms with van der Waals surface area (Å²) >= 11 is 7.93. The third kappa shape index (κ3) is 4.39. The molecule has 0 saturated carbocycles. The van der Waals surface area contributed by atoms with Gasteiger partial charge in [0.1, 0.15) is 16.9 Å². The summed E-state index contributed by atoms with van der Waals surface area (Å²) in [7, 11) is 0. The van der Waals surface area contributed by atoms with E-state index in [1.54, 1.807) is 11.8 Å². The van der Waals surface area contributed by atoms with E-state index in [1.807, 2.05) is 24.3 Å². The molecule has 0 bridgehead atoms. The third-order valence-electron chi connectivity index (χ3n) is 5.42. The number of halogens is 1. The number of pyridine rings is 1. The SMILES string of the molecule is CC1(C)Cc2c(C#N)c(SCc3ccccc3Cl)nc(N3CCNCC3)c2CO1. The van der Waals surface area contributed by atoms with Crippen LogP contribution in [0, 0.1) is 11.3 Å². The summed E-state index contributed by atoms with van der Waals surface area (Å²) in [5, 5.41) is 14.9. The number of nitrogens with one attached hydrogen (secondary N) is 1. The molecule has 0 radical (unpaired) electrons. The van der Waals surface area contributed by atoms with Crippen molar-refractivity contribution in [1.82, 2.24) is 10.3 Å². The quantitative estimate of drug-likeness (QED) is 0.738. The lowest BCUT2D eigenvalue weighted by Crippen LogP contribution is -2.45. The van der Waals surface area contributed by atoms with E-state index in [1.165, 1.54) is 0 Å². The average molecular weight is 429 g/mol. The Kier molecular flexibility index (Phi) is 6.03. The molecular weight excluding hydrogens is 404 g/mol. The Hall–Kier alpha value is -1.78. The van der Waals surface area contributed by atoms with Gasteiger partial charge in [-0.3, -0.25) is 0 Å². The number of anilines is 1. The van der Waals surface area contributed by atoms with Crippen molar-refractivity contribution in [1.29, 1.82) is 5.26 Å². The summed E-state index contributed by atoms with van der Waals surface area (Å²) in [4.78, 5) is 7.31. The molecule has 1 fully saturated rings. The van der Waals surface area contributed by atoms with Gasteiger partial charge in [0.25, 0.3) is 0 Å². The lowest BCUT2D eigenvalue weighted by Gasteiger charge is -2.37. The number of hydrogen-bond donors (Lipinski definition) is 1. The van der Waals surface area contributed by atoms with Crippen LogP contribution in [0.25, 0.3) is 0 Å².